The van der Waals surface area contributed by atoms with Gasteiger partial charge in [-0.25, -0.2) is 9.78 Å². The summed E-state index contributed by atoms with van der Waals surface area (Å²) < 4.78 is 6.99. The summed E-state index contributed by atoms with van der Waals surface area (Å²) in [5, 5.41) is 3.32. The molecule has 8 heteroatoms. The minimum absolute atomic E-state index is 0.278. The molecule has 0 aliphatic rings. The van der Waals surface area contributed by atoms with Gasteiger partial charge in [-0.3, -0.25) is 4.79 Å². The zero-order valence-corrected chi connectivity index (χ0v) is 16.6. The number of imidazole rings is 1. The van der Waals surface area contributed by atoms with Crippen molar-refractivity contribution in [3.63, 3.8) is 0 Å². The molecule has 7 nitrogen and oxygen atoms in total. The van der Waals surface area contributed by atoms with E-state index in [0.717, 1.165) is 10.6 Å². The molecule has 0 saturated carbocycles. The van der Waals surface area contributed by atoms with E-state index in [2.05, 4.69) is 10.3 Å². The Morgan fingerprint density at radius 1 is 1.33 bits per heavy atom. The van der Waals surface area contributed by atoms with Gasteiger partial charge in [0, 0.05) is 17.6 Å². The van der Waals surface area contributed by atoms with Crippen molar-refractivity contribution in [2.45, 2.75) is 20.4 Å². The number of fused-ring (bicyclic) bond motifs is 1. The summed E-state index contributed by atoms with van der Waals surface area (Å²) in [6.45, 7) is 4.47. The second-order valence-electron chi connectivity index (χ2n) is 6.35. The van der Waals surface area contributed by atoms with Gasteiger partial charge in [0.2, 0.25) is 0 Å². The second kappa shape index (κ2) is 7.89. The van der Waals surface area contributed by atoms with Crippen molar-refractivity contribution in [2.75, 3.05) is 26.0 Å². The van der Waals surface area contributed by atoms with E-state index in [-0.39, 0.29) is 12.5 Å². The Labute approximate surface area is 161 Å². The van der Waals surface area contributed by atoms with E-state index in [9.17, 15) is 9.59 Å². The number of hydrogen-bond donors (Lipinski definition) is 1. The van der Waals surface area contributed by atoms with Gasteiger partial charge in [-0.15, -0.1) is 11.3 Å². The van der Waals surface area contributed by atoms with Crippen LogP contribution in [0.4, 0.5) is 5.00 Å². The van der Waals surface area contributed by atoms with E-state index in [1.165, 1.54) is 11.3 Å². The molecule has 0 spiro atoms. The Hall–Kier alpha value is -2.71. The molecule has 1 N–H and O–H groups in total. The van der Waals surface area contributed by atoms with Gasteiger partial charge in [-0.2, -0.15) is 0 Å². The van der Waals surface area contributed by atoms with Crippen molar-refractivity contribution in [3.05, 3.63) is 52.3 Å². The van der Waals surface area contributed by atoms with Gasteiger partial charge in [-0.05, 0) is 46.1 Å². The number of aromatic nitrogens is 2. The first-order valence-electron chi connectivity index (χ1n) is 8.60. The third-order valence-electron chi connectivity index (χ3n) is 3.89. The number of ether oxygens (including phenoxy) is 1. The van der Waals surface area contributed by atoms with E-state index in [1.54, 1.807) is 13.0 Å². The van der Waals surface area contributed by atoms with Gasteiger partial charge in [0.05, 0.1) is 17.9 Å². The van der Waals surface area contributed by atoms with Gasteiger partial charge >= 0.3 is 5.97 Å². The maximum Gasteiger partial charge on any atom is 0.341 e. The van der Waals surface area contributed by atoms with Crippen LogP contribution in [0.5, 0.6) is 0 Å². The predicted molar refractivity (Wildman–Crippen MR) is 106 cm³/mol. The minimum atomic E-state index is -0.444. The van der Waals surface area contributed by atoms with Crippen LogP contribution in [0.25, 0.3) is 5.65 Å². The van der Waals surface area contributed by atoms with Crippen LogP contribution in [0.2, 0.25) is 0 Å². The van der Waals surface area contributed by atoms with Crippen LogP contribution in [-0.2, 0) is 11.3 Å². The van der Waals surface area contributed by atoms with Crippen molar-refractivity contribution < 1.29 is 14.3 Å². The van der Waals surface area contributed by atoms with Crippen molar-refractivity contribution in [1.82, 2.24) is 14.3 Å². The van der Waals surface area contributed by atoms with Crippen molar-refractivity contribution in [2.24, 2.45) is 0 Å². The van der Waals surface area contributed by atoms with Crippen LogP contribution in [0, 0.1) is 6.92 Å². The zero-order valence-electron chi connectivity index (χ0n) is 15.8. The summed E-state index contributed by atoms with van der Waals surface area (Å²) >= 11 is 1.34. The first kappa shape index (κ1) is 19.1. The number of pyridine rings is 1. The fraction of sp³-hybridized carbons (Fsp3) is 0.316. The quantitative estimate of drug-likeness (QED) is 0.659. The Kier molecular flexibility index (Phi) is 5.57. The number of amides is 1. The number of esters is 1. The van der Waals surface area contributed by atoms with Gasteiger partial charge in [0.15, 0.2) is 5.69 Å². The molecule has 3 heterocycles. The Bertz CT molecular complexity index is 990. The molecule has 0 unspecified atom stereocenters. The molecule has 1 amide bonds. The molecule has 0 aromatic carbocycles. The third-order valence-corrected chi connectivity index (χ3v) is 4.85. The number of rotatable bonds is 6. The van der Waals surface area contributed by atoms with E-state index >= 15 is 0 Å². The number of nitrogens with one attached hydrogen (secondary N) is 1. The summed E-state index contributed by atoms with van der Waals surface area (Å²) in [5.74, 6) is -0.788. The SMILES string of the molecule is CCOC(=O)c1cc(C)sc1NC(=O)c1nc2ccccn2c1CN(C)C. The lowest BCUT2D eigenvalue weighted by atomic mass is 10.2. The number of nitrogens with zero attached hydrogens (tertiary/aromatic N) is 3. The van der Waals surface area contributed by atoms with Gasteiger partial charge < -0.3 is 19.4 Å². The highest BCUT2D eigenvalue weighted by molar-refractivity contribution is 7.16. The normalized spacial score (nSPS) is 11.1. The molecule has 0 atom stereocenters. The molecule has 0 saturated heterocycles. The Morgan fingerprint density at radius 2 is 2.11 bits per heavy atom. The molecule has 0 aliphatic carbocycles. The summed E-state index contributed by atoms with van der Waals surface area (Å²) in [4.78, 5) is 32.5. The minimum Gasteiger partial charge on any atom is -0.462 e. The first-order chi connectivity index (χ1) is 12.9. The maximum atomic E-state index is 13.0. The van der Waals surface area contributed by atoms with Crippen molar-refractivity contribution in [3.8, 4) is 0 Å². The smallest absolute Gasteiger partial charge is 0.341 e. The standard InChI is InChI=1S/C19H22N4O3S/c1-5-26-19(25)13-10-12(2)27-18(13)21-17(24)16-14(11-22(3)4)23-9-7-6-8-15(23)20-16/h6-10H,5,11H2,1-4H3,(H,21,24). The fourth-order valence-electron chi connectivity index (χ4n) is 2.81. The van der Waals surface area contributed by atoms with Crippen LogP contribution in [0.15, 0.2) is 30.5 Å². The molecular weight excluding hydrogens is 364 g/mol. The zero-order chi connectivity index (χ0) is 19.6. The molecule has 3 aromatic heterocycles. The highest BCUT2D eigenvalue weighted by atomic mass is 32.1. The third kappa shape index (κ3) is 4.01. The predicted octanol–water partition coefficient (Wildman–Crippen LogP) is 3.19. The van der Waals surface area contributed by atoms with Crippen LogP contribution in [0.3, 0.4) is 0 Å². The summed E-state index contributed by atoms with van der Waals surface area (Å²) in [6, 6.07) is 7.36. The summed E-state index contributed by atoms with van der Waals surface area (Å²) in [6.07, 6.45) is 1.89. The van der Waals surface area contributed by atoms with E-state index < -0.39 is 5.97 Å². The van der Waals surface area contributed by atoms with Gasteiger partial charge in [0.1, 0.15) is 10.6 Å². The number of carbonyl (C=O) groups excluding carboxylic acids is 2. The fourth-order valence-corrected chi connectivity index (χ4v) is 3.70. The van der Waals surface area contributed by atoms with E-state index in [4.69, 9.17) is 4.74 Å². The topological polar surface area (TPSA) is 75.9 Å². The largest absolute Gasteiger partial charge is 0.462 e. The van der Waals surface area contributed by atoms with Crippen LogP contribution in [0.1, 0.15) is 38.3 Å². The number of carbonyl (C=O) groups is 2. The molecule has 142 valence electrons. The highest BCUT2D eigenvalue weighted by Crippen LogP contribution is 2.29. The summed E-state index contributed by atoms with van der Waals surface area (Å²) in [5.41, 5.74) is 2.20. The van der Waals surface area contributed by atoms with Crippen LogP contribution >= 0.6 is 11.3 Å². The molecule has 0 aliphatic heterocycles. The molecular formula is C19H22N4O3S. The van der Waals surface area contributed by atoms with Gasteiger partial charge in [-0.1, -0.05) is 6.07 Å². The number of hydrogen-bond acceptors (Lipinski definition) is 6. The number of thiophene rings is 1. The molecule has 0 fully saturated rings. The molecule has 3 rings (SSSR count). The lowest BCUT2D eigenvalue weighted by Crippen LogP contribution is -2.19. The average molecular weight is 386 g/mol. The first-order valence-corrected chi connectivity index (χ1v) is 9.42. The van der Waals surface area contributed by atoms with E-state index in [1.807, 2.05) is 54.7 Å². The maximum absolute atomic E-state index is 13.0. The average Bonchev–Trinajstić information content (AvgIpc) is 3.16. The van der Waals surface area contributed by atoms with Crippen LogP contribution < -0.4 is 5.32 Å². The van der Waals surface area contributed by atoms with Crippen molar-refractivity contribution in [1.29, 1.82) is 0 Å². The Balaban J connectivity index is 1.97. The van der Waals surface area contributed by atoms with Crippen LogP contribution in [-0.4, -0.2) is 46.9 Å². The lowest BCUT2D eigenvalue weighted by Gasteiger charge is -2.11. The summed E-state index contributed by atoms with van der Waals surface area (Å²) in [7, 11) is 3.87. The molecule has 0 radical (unpaired) electrons. The Morgan fingerprint density at radius 3 is 2.81 bits per heavy atom. The lowest BCUT2D eigenvalue weighted by molar-refractivity contribution is 0.0528. The van der Waals surface area contributed by atoms with Crippen molar-refractivity contribution >= 4 is 33.9 Å². The highest BCUT2D eigenvalue weighted by Gasteiger charge is 2.23. The number of aryl methyl sites for hydroxylation is 1. The molecule has 0 bridgehead atoms. The molecule has 27 heavy (non-hydrogen) atoms. The molecule has 3 aromatic rings. The van der Waals surface area contributed by atoms with E-state index in [0.29, 0.717) is 28.5 Å². The van der Waals surface area contributed by atoms with Gasteiger partial charge in [0.25, 0.3) is 5.91 Å². The second-order valence-corrected chi connectivity index (χ2v) is 7.60. The number of anilines is 1. The monoisotopic (exact) mass is 386 g/mol.